The zero-order chi connectivity index (χ0) is 8.27. The molecule has 3 N–H and O–H groups in total. The van der Waals surface area contributed by atoms with E-state index < -0.39 is 0 Å². The van der Waals surface area contributed by atoms with E-state index in [0.717, 1.165) is 12.8 Å². The van der Waals surface area contributed by atoms with Crippen molar-refractivity contribution in [1.82, 2.24) is 0 Å². The maximum absolute atomic E-state index is 8.63. The van der Waals surface area contributed by atoms with Crippen molar-refractivity contribution in [2.45, 2.75) is 44.4 Å². The minimum Gasteiger partial charge on any atom is -0.396 e. The SMILES string of the molecule is CC1CC[C@H](C(N)CCO)O1. The molecule has 1 aliphatic heterocycles. The molecule has 3 nitrogen and oxygen atoms in total. The highest BCUT2D eigenvalue weighted by Gasteiger charge is 2.26. The van der Waals surface area contributed by atoms with Crippen LogP contribution in [0.4, 0.5) is 0 Å². The number of hydrogen-bond donors (Lipinski definition) is 2. The van der Waals surface area contributed by atoms with E-state index in [9.17, 15) is 0 Å². The molecule has 0 saturated carbocycles. The van der Waals surface area contributed by atoms with Crippen LogP contribution in [-0.2, 0) is 4.74 Å². The third kappa shape index (κ3) is 2.43. The van der Waals surface area contributed by atoms with Gasteiger partial charge in [0.1, 0.15) is 0 Å². The molecule has 0 amide bonds. The van der Waals surface area contributed by atoms with Gasteiger partial charge in [0.05, 0.1) is 12.2 Å². The summed E-state index contributed by atoms with van der Waals surface area (Å²) in [5, 5.41) is 8.63. The molecule has 1 rings (SSSR count). The highest BCUT2D eigenvalue weighted by atomic mass is 16.5. The molecule has 3 heteroatoms. The second kappa shape index (κ2) is 4.04. The Morgan fingerprint density at radius 1 is 1.64 bits per heavy atom. The smallest absolute Gasteiger partial charge is 0.0731 e. The van der Waals surface area contributed by atoms with E-state index in [2.05, 4.69) is 6.92 Å². The average Bonchev–Trinajstić information content (AvgIpc) is 2.36. The van der Waals surface area contributed by atoms with E-state index in [1.165, 1.54) is 0 Å². The largest absolute Gasteiger partial charge is 0.396 e. The zero-order valence-corrected chi connectivity index (χ0v) is 6.99. The van der Waals surface area contributed by atoms with Crippen LogP contribution in [0.3, 0.4) is 0 Å². The lowest BCUT2D eigenvalue weighted by atomic mass is 10.1. The van der Waals surface area contributed by atoms with Crippen molar-refractivity contribution in [2.75, 3.05) is 6.61 Å². The standard InChI is InChI=1S/C8H17NO2/c1-6-2-3-8(11-6)7(9)4-5-10/h6-8,10H,2-5,9H2,1H3/t6?,7?,8-/m1/s1. The first-order valence-electron chi connectivity index (χ1n) is 4.26. The molecule has 1 saturated heterocycles. The molecule has 2 unspecified atom stereocenters. The normalized spacial score (nSPS) is 34.1. The van der Waals surface area contributed by atoms with Gasteiger partial charge in [0.25, 0.3) is 0 Å². The van der Waals surface area contributed by atoms with Gasteiger partial charge in [0.15, 0.2) is 0 Å². The van der Waals surface area contributed by atoms with E-state index in [-0.39, 0.29) is 18.8 Å². The molecule has 0 bridgehead atoms. The van der Waals surface area contributed by atoms with Gasteiger partial charge in [0.2, 0.25) is 0 Å². The molecule has 1 fully saturated rings. The summed E-state index contributed by atoms with van der Waals surface area (Å²) in [5.74, 6) is 0. The number of ether oxygens (including phenoxy) is 1. The van der Waals surface area contributed by atoms with Gasteiger partial charge in [-0.25, -0.2) is 0 Å². The summed E-state index contributed by atoms with van der Waals surface area (Å²) < 4.78 is 5.54. The molecule has 3 atom stereocenters. The molecule has 1 aliphatic rings. The van der Waals surface area contributed by atoms with Gasteiger partial charge in [0, 0.05) is 12.6 Å². The molecule has 0 aromatic rings. The fourth-order valence-corrected chi connectivity index (χ4v) is 1.48. The highest BCUT2D eigenvalue weighted by Crippen LogP contribution is 2.21. The van der Waals surface area contributed by atoms with Crippen molar-refractivity contribution in [2.24, 2.45) is 5.73 Å². The Bertz CT molecular complexity index is 119. The van der Waals surface area contributed by atoms with Crippen LogP contribution in [0.1, 0.15) is 26.2 Å². The Labute approximate surface area is 67.5 Å². The zero-order valence-electron chi connectivity index (χ0n) is 6.99. The maximum atomic E-state index is 8.63. The summed E-state index contributed by atoms with van der Waals surface area (Å²) in [6.07, 6.45) is 3.32. The van der Waals surface area contributed by atoms with Crippen LogP contribution < -0.4 is 5.73 Å². The van der Waals surface area contributed by atoms with Crippen molar-refractivity contribution in [3.63, 3.8) is 0 Å². The highest BCUT2D eigenvalue weighted by molar-refractivity contribution is 4.79. The maximum Gasteiger partial charge on any atom is 0.0731 e. The number of aliphatic hydroxyl groups excluding tert-OH is 1. The van der Waals surface area contributed by atoms with Crippen LogP contribution in [0.15, 0.2) is 0 Å². The molecule has 0 aromatic heterocycles. The Hall–Kier alpha value is -0.120. The predicted octanol–water partition coefficient (Wildman–Crippen LogP) is 0.264. The monoisotopic (exact) mass is 159 g/mol. The van der Waals surface area contributed by atoms with Gasteiger partial charge in [-0.15, -0.1) is 0 Å². The van der Waals surface area contributed by atoms with E-state index in [1.807, 2.05) is 0 Å². The number of nitrogens with two attached hydrogens (primary N) is 1. The first-order valence-corrected chi connectivity index (χ1v) is 4.26. The molecule has 11 heavy (non-hydrogen) atoms. The lowest BCUT2D eigenvalue weighted by Crippen LogP contribution is -2.35. The third-order valence-corrected chi connectivity index (χ3v) is 2.20. The summed E-state index contributed by atoms with van der Waals surface area (Å²) >= 11 is 0. The van der Waals surface area contributed by atoms with Gasteiger partial charge in [-0.2, -0.15) is 0 Å². The Kier molecular flexibility index (Phi) is 3.30. The van der Waals surface area contributed by atoms with Gasteiger partial charge >= 0.3 is 0 Å². The number of rotatable bonds is 3. The van der Waals surface area contributed by atoms with Crippen molar-refractivity contribution in [3.8, 4) is 0 Å². The minimum absolute atomic E-state index is 0.0185. The van der Waals surface area contributed by atoms with Crippen LogP contribution >= 0.6 is 0 Å². The minimum atomic E-state index is 0.0185. The quantitative estimate of drug-likeness (QED) is 0.621. The Morgan fingerprint density at radius 2 is 2.36 bits per heavy atom. The first-order chi connectivity index (χ1) is 5.24. The third-order valence-electron chi connectivity index (χ3n) is 2.20. The van der Waals surface area contributed by atoms with Crippen LogP contribution in [0.25, 0.3) is 0 Å². The van der Waals surface area contributed by atoms with E-state index in [4.69, 9.17) is 15.6 Å². The van der Waals surface area contributed by atoms with Crippen LogP contribution in [-0.4, -0.2) is 30.0 Å². The van der Waals surface area contributed by atoms with E-state index >= 15 is 0 Å². The summed E-state index contributed by atoms with van der Waals surface area (Å²) in [5.41, 5.74) is 5.77. The lowest BCUT2D eigenvalue weighted by molar-refractivity contribution is 0.0351. The molecule has 0 aliphatic carbocycles. The lowest BCUT2D eigenvalue weighted by Gasteiger charge is -2.17. The second-order valence-electron chi connectivity index (χ2n) is 3.24. The summed E-state index contributed by atoms with van der Waals surface area (Å²) in [7, 11) is 0. The summed E-state index contributed by atoms with van der Waals surface area (Å²) in [6.45, 7) is 2.22. The molecule has 0 radical (unpaired) electrons. The summed E-state index contributed by atoms with van der Waals surface area (Å²) in [6, 6.07) is 0.0185. The fraction of sp³-hybridized carbons (Fsp3) is 1.00. The van der Waals surface area contributed by atoms with Crippen molar-refractivity contribution in [3.05, 3.63) is 0 Å². The average molecular weight is 159 g/mol. The van der Waals surface area contributed by atoms with Crippen LogP contribution in [0.5, 0.6) is 0 Å². The molecular weight excluding hydrogens is 142 g/mol. The van der Waals surface area contributed by atoms with Crippen molar-refractivity contribution >= 4 is 0 Å². The number of hydrogen-bond acceptors (Lipinski definition) is 3. The molecule has 66 valence electrons. The fourth-order valence-electron chi connectivity index (χ4n) is 1.48. The van der Waals surface area contributed by atoms with E-state index in [1.54, 1.807) is 0 Å². The molecular formula is C8H17NO2. The van der Waals surface area contributed by atoms with Crippen molar-refractivity contribution < 1.29 is 9.84 Å². The predicted molar refractivity (Wildman–Crippen MR) is 43.2 cm³/mol. The van der Waals surface area contributed by atoms with Crippen molar-refractivity contribution in [1.29, 1.82) is 0 Å². The molecule has 0 aromatic carbocycles. The molecule has 1 heterocycles. The Morgan fingerprint density at radius 3 is 2.82 bits per heavy atom. The van der Waals surface area contributed by atoms with Crippen LogP contribution in [0.2, 0.25) is 0 Å². The molecule has 0 spiro atoms. The van der Waals surface area contributed by atoms with Gasteiger partial charge < -0.3 is 15.6 Å². The first kappa shape index (κ1) is 8.97. The van der Waals surface area contributed by atoms with Gasteiger partial charge in [-0.3, -0.25) is 0 Å². The van der Waals surface area contributed by atoms with Gasteiger partial charge in [-0.05, 0) is 26.2 Å². The number of aliphatic hydroxyl groups is 1. The topological polar surface area (TPSA) is 55.5 Å². The Balaban J connectivity index is 2.25. The van der Waals surface area contributed by atoms with Crippen LogP contribution in [0, 0.1) is 0 Å². The van der Waals surface area contributed by atoms with E-state index in [0.29, 0.717) is 12.5 Å². The second-order valence-corrected chi connectivity index (χ2v) is 3.24. The van der Waals surface area contributed by atoms with Gasteiger partial charge in [-0.1, -0.05) is 0 Å². The summed E-state index contributed by atoms with van der Waals surface area (Å²) in [4.78, 5) is 0.